The monoisotopic (exact) mass is 326 g/mol. The molecule has 23 heavy (non-hydrogen) atoms. The Labute approximate surface area is 143 Å². The van der Waals surface area contributed by atoms with Gasteiger partial charge in [0.1, 0.15) is 0 Å². The highest BCUT2D eigenvalue weighted by Gasteiger charge is 1.99. The summed E-state index contributed by atoms with van der Waals surface area (Å²) in [6.45, 7) is 6.65. The second kappa shape index (κ2) is 19.2. The van der Waals surface area contributed by atoms with Crippen molar-refractivity contribution in [3.05, 3.63) is 12.2 Å². The number of hydrogen-bond acceptors (Lipinski definition) is 3. The lowest BCUT2D eigenvalue weighted by atomic mass is 10.1. The number of carbonyl (C=O) groups is 1. The maximum absolute atomic E-state index is 11.4. The zero-order valence-corrected chi connectivity index (χ0v) is 15.5. The first-order valence-corrected chi connectivity index (χ1v) is 9.69. The van der Waals surface area contributed by atoms with Crippen molar-refractivity contribution in [3.8, 4) is 0 Å². The van der Waals surface area contributed by atoms with E-state index >= 15 is 0 Å². The molecule has 0 heterocycles. The van der Waals surface area contributed by atoms with Crippen molar-refractivity contribution < 1.29 is 14.3 Å². The van der Waals surface area contributed by atoms with Gasteiger partial charge in [0.25, 0.3) is 0 Å². The quantitative estimate of drug-likeness (QED) is 0.192. The Morgan fingerprint density at radius 2 is 1.39 bits per heavy atom. The summed E-state index contributed by atoms with van der Waals surface area (Å²) in [4.78, 5) is 11.4. The molecule has 0 amide bonds. The summed E-state index contributed by atoms with van der Waals surface area (Å²) in [6.07, 6.45) is 17.5. The third-order valence-electron chi connectivity index (χ3n) is 3.74. The first-order chi connectivity index (χ1) is 11.3. The Balaban J connectivity index is 3.18. The summed E-state index contributed by atoms with van der Waals surface area (Å²) in [6, 6.07) is 0. The summed E-state index contributed by atoms with van der Waals surface area (Å²) >= 11 is 0. The summed E-state index contributed by atoms with van der Waals surface area (Å²) in [5.74, 6) is -0.0784. The number of hydrogen-bond donors (Lipinski definition) is 0. The molecular formula is C20H38O3. The number of ether oxygens (including phenoxy) is 2. The molecule has 0 aromatic rings. The molecule has 0 unspecified atom stereocenters. The first-order valence-electron chi connectivity index (χ1n) is 9.69. The van der Waals surface area contributed by atoms with E-state index in [1.807, 2.05) is 0 Å². The molecule has 0 fully saturated rings. The van der Waals surface area contributed by atoms with Gasteiger partial charge in [-0.3, -0.25) is 4.79 Å². The number of esters is 1. The number of allylic oxidation sites excluding steroid dienone is 2. The molecule has 0 aliphatic heterocycles. The first kappa shape index (κ1) is 22.2. The van der Waals surface area contributed by atoms with Crippen molar-refractivity contribution in [2.24, 2.45) is 0 Å². The Morgan fingerprint density at radius 1 is 0.739 bits per heavy atom. The second-order valence-electron chi connectivity index (χ2n) is 6.11. The standard InChI is InChI=1S/C20H38O3/c1-3-5-7-8-11-14-17-22-18-15-12-9-10-13-16-20(21)23-19-6-4-2/h9-10H,3-8,11-19H2,1-2H3. The molecule has 0 aromatic heterocycles. The van der Waals surface area contributed by atoms with Crippen LogP contribution in [0.2, 0.25) is 0 Å². The Kier molecular flexibility index (Phi) is 18.5. The van der Waals surface area contributed by atoms with Crippen LogP contribution < -0.4 is 0 Å². The molecule has 3 nitrogen and oxygen atoms in total. The molecule has 0 N–H and O–H groups in total. The van der Waals surface area contributed by atoms with E-state index in [0.717, 1.165) is 45.3 Å². The summed E-state index contributed by atoms with van der Waals surface area (Å²) in [5, 5.41) is 0. The summed E-state index contributed by atoms with van der Waals surface area (Å²) in [5.41, 5.74) is 0. The zero-order valence-electron chi connectivity index (χ0n) is 15.5. The smallest absolute Gasteiger partial charge is 0.306 e. The normalized spacial score (nSPS) is 11.2. The highest BCUT2D eigenvalue weighted by molar-refractivity contribution is 5.69. The topological polar surface area (TPSA) is 35.5 Å². The van der Waals surface area contributed by atoms with Crippen LogP contribution in [0.5, 0.6) is 0 Å². The summed E-state index contributed by atoms with van der Waals surface area (Å²) < 4.78 is 10.7. The van der Waals surface area contributed by atoms with Crippen LogP contribution in [0.1, 0.15) is 90.9 Å². The van der Waals surface area contributed by atoms with Gasteiger partial charge in [-0.2, -0.15) is 0 Å². The van der Waals surface area contributed by atoms with Crippen LogP contribution in [0.4, 0.5) is 0 Å². The van der Waals surface area contributed by atoms with Crippen LogP contribution in [-0.2, 0) is 14.3 Å². The molecule has 3 heteroatoms. The van der Waals surface area contributed by atoms with Crippen LogP contribution in [0, 0.1) is 0 Å². The van der Waals surface area contributed by atoms with Crippen molar-refractivity contribution in [3.63, 3.8) is 0 Å². The van der Waals surface area contributed by atoms with Crippen molar-refractivity contribution >= 4 is 5.97 Å². The van der Waals surface area contributed by atoms with Crippen molar-refractivity contribution in [1.29, 1.82) is 0 Å². The van der Waals surface area contributed by atoms with Crippen LogP contribution in [0.25, 0.3) is 0 Å². The maximum Gasteiger partial charge on any atom is 0.306 e. The third kappa shape index (κ3) is 19.1. The van der Waals surface area contributed by atoms with Crippen molar-refractivity contribution in [2.75, 3.05) is 19.8 Å². The lowest BCUT2D eigenvalue weighted by Gasteiger charge is -2.03. The van der Waals surface area contributed by atoms with Crippen LogP contribution in [-0.4, -0.2) is 25.8 Å². The van der Waals surface area contributed by atoms with E-state index in [9.17, 15) is 4.79 Å². The predicted octanol–water partition coefficient (Wildman–Crippen LogP) is 5.82. The fourth-order valence-corrected chi connectivity index (χ4v) is 2.23. The van der Waals surface area contributed by atoms with E-state index in [0.29, 0.717) is 13.0 Å². The van der Waals surface area contributed by atoms with E-state index in [1.54, 1.807) is 0 Å². The molecule has 0 saturated carbocycles. The van der Waals surface area contributed by atoms with Gasteiger partial charge in [0, 0.05) is 19.6 Å². The van der Waals surface area contributed by atoms with Gasteiger partial charge in [0.05, 0.1) is 6.61 Å². The Bertz CT molecular complexity index is 274. The predicted molar refractivity (Wildman–Crippen MR) is 97.7 cm³/mol. The average molecular weight is 327 g/mol. The fourth-order valence-electron chi connectivity index (χ4n) is 2.23. The number of carbonyl (C=O) groups excluding carboxylic acids is 1. The minimum atomic E-state index is -0.0784. The van der Waals surface area contributed by atoms with Gasteiger partial charge in [-0.15, -0.1) is 0 Å². The molecule has 0 saturated heterocycles. The van der Waals surface area contributed by atoms with Gasteiger partial charge in [0.15, 0.2) is 0 Å². The van der Waals surface area contributed by atoms with Crippen LogP contribution in [0.3, 0.4) is 0 Å². The minimum Gasteiger partial charge on any atom is -0.466 e. The van der Waals surface area contributed by atoms with Crippen molar-refractivity contribution in [1.82, 2.24) is 0 Å². The molecule has 0 radical (unpaired) electrons. The second-order valence-corrected chi connectivity index (χ2v) is 6.11. The van der Waals surface area contributed by atoms with E-state index in [-0.39, 0.29) is 5.97 Å². The molecular weight excluding hydrogens is 288 g/mol. The lowest BCUT2D eigenvalue weighted by Crippen LogP contribution is -2.04. The van der Waals surface area contributed by atoms with Crippen molar-refractivity contribution in [2.45, 2.75) is 90.9 Å². The zero-order chi connectivity index (χ0) is 17.0. The molecule has 0 aliphatic rings. The highest BCUT2D eigenvalue weighted by atomic mass is 16.5. The maximum atomic E-state index is 11.4. The molecule has 0 aliphatic carbocycles. The van der Waals surface area contributed by atoms with Gasteiger partial charge in [-0.25, -0.2) is 0 Å². The highest BCUT2D eigenvalue weighted by Crippen LogP contribution is 2.05. The molecule has 0 rings (SSSR count). The van der Waals surface area contributed by atoms with Gasteiger partial charge in [-0.1, -0.05) is 64.5 Å². The van der Waals surface area contributed by atoms with Crippen LogP contribution >= 0.6 is 0 Å². The Morgan fingerprint density at radius 3 is 2.17 bits per heavy atom. The lowest BCUT2D eigenvalue weighted by molar-refractivity contribution is -0.143. The Hall–Kier alpha value is -0.830. The van der Waals surface area contributed by atoms with Gasteiger partial charge < -0.3 is 9.47 Å². The minimum absolute atomic E-state index is 0.0784. The fraction of sp³-hybridized carbons (Fsp3) is 0.850. The molecule has 0 bridgehead atoms. The van der Waals surface area contributed by atoms with E-state index < -0.39 is 0 Å². The van der Waals surface area contributed by atoms with Gasteiger partial charge in [-0.05, 0) is 32.1 Å². The van der Waals surface area contributed by atoms with Gasteiger partial charge >= 0.3 is 5.97 Å². The molecule has 0 aromatic carbocycles. The van der Waals surface area contributed by atoms with Gasteiger partial charge in [0.2, 0.25) is 0 Å². The van der Waals surface area contributed by atoms with Crippen LogP contribution in [0.15, 0.2) is 12.2 Å². The van der Waals surface area contributed by atoms with E-state index in [4.69, 9.17) is 9.47 Å². The molecule has 0 spiro atoms. The average Bonchev–Trinajstić information content (AvgIpc) is 2.55. The number of unbranched alkanes of at least 4 members (excludes halogenated alkanes) is 7. The molecule has 136 valence electrons. The largest absolute Gasteiger partial charge is 0.466 e. The van der Waals surface area contributed by atoms with E-state index in [1.165, 1.54) is 38.5 Å². The summed E-state index contributed by atoms with van der Waals surface area (Å²) in [7, 11) is 0. The third-order valence-corrected chi connectivity index (χ3v) is 3.74. The molecule has 0 atom stereocenters. The number of rotatable bonds is 17. The van der Waals surface area contributed by atoms with E-state index in [2.05, 4.69) is 26.0 Å². The SMILES string of the molecule is CCCCCCCCOCCCC=CCCC(=O)OCCCC.